The molecule has 0 aliphatic carbocycles. The van der Waals surface area contributed by atoms with E-state index in [1.54, 1.807) is 13.0 Å². The molecule has 0 fully saturated rings. The number of nitrogens with zero attached hydrogens (tertiary/aromatic N) is 1. The Balaban J connectivity index is 2.78. The minimum atomic E-state index is -0.660. The van der Waals surface area contributed by atoms with Crippen molar-refractivity contribution in [1.29, 1.82) is 0 Å². The van der Waals surface area contributed by atoms with E-state index >= 15 is 0 Å². The SMILES string of the molecule is C[C@@H](O)/C(=C\c1cocn1)CO. The summed E-state index contributed by atoms with van der Waals surface area (Å²) < 4.78 is 4.72. The van der Waals surface area contributed by atoms with Crippen LogP contribution in [0.15, 0.2) is 22.6 Å². The zero-order valence-corrected chi connectivity index (χ0v) is 6.77. The molecular weight excluding hydrogens is 158 g/mol. The van der Waals surface area contributed by atoms with E-state index in [4.69, 9.17) is 14.6 Å². The Kier molecular flexibility index (Phi) is 3.01. The molecule has 0 saturated heterocycles. The van der Waals surface area contributed by atoms with Crippen molar-refractivity contribution in [3.05, 3.63) is 23.9 Å². The molecule has 0 radical (unpaired) electrons. The molecule has 0 aromatic carbocycles. The maximum atomic E-state index is 9.12. The molecule has 0 unspecified atom stereocenters. The molecule has 0 saturated carbocycles. The normalized spacial score (nSPS) is 14.8. The van der Waals surface area contributed by atoms with E-state index in [-0.39, 0.29) is 6.61 Å². The van der Waals surface area contributed by atoms with Crippen molar-refractivity contribution in [2.75, 3.05) is 6.61 Å². The quantitative estimate of drug-likeness (QED) is 0.688. The summed E-state index contributed by atoms with van der Waals surface area (Å²) >= 11 is 0. The van der Waals surface area contributed by atoms with Gasteiger partial charge in [0, 0.05) is 0 Å². The Morgan fingerprint density at radius 2 is 2.58 bits per heavy atom. The lowest BCUT2D eigenvalue weighted by atomic mass is 10.1. The molecule has 66 valence electrons. The van der Waals surface area contributed by atoms with Crippen LogP contribution in [-0.2, 0) is 0 Å². The number of aliphatic hydroxyl groups excluding tert-OH is 2. The largest absolute Gasteiger partial charge is 0.451 e. The molecule has 0 amide bonds. The van der Waals surface area contributed by atoms with E-state index < -0.39 is 6.10 Å². The van der Waals surface area contributed by atoms with Crippen molar-refractivity contribution in [2.45, 2.75) is 13.0 Å². The highest BCUT2D eigenvalue weighted by Crippen LogP contribution is 2.07. The minimum absolute atomic E-state index is 0.176. The summed E-state index contributed by atoms with van der Waals surface area (Å²) in [5.41, 5.74) is 1.11. The van der Waals surface area contributed by atoms with Crippen molar-refractivity contribution in [1.82, 2.24) is 4.98 Å². The fourth-order valence-electron chi connectivity index (χ4n) is 0.781. The second-order valence-electron chi connectivity index (χ2n) is 2.47. The van der Waals surface area contributed by atoms with E-state index in [1.807, 2.05) is 0 Å². The number of oxazole rings is 1. The van der Waals surface area contributed by atoms with Gasteiger partial charge in [-0.3, -0.25) is 0 Å². The third-order valence-corrected chi connectivity index (χ3v) is 1.50. The Hall–Kier alpha value is -1.13. The summed E-state index contributed by atoms with van der Waals surface area (Å²) in [5.74, 6) is 0. The van der Waals surface area contributed by atoms with Gasteiger partial charge >= 0.3 is 0 Å². The smallest absolute Gasteiger partial charge is 0.181 e. The van der Waals surface area contributed by atoms with E-state index in [9.17, 15) is 0 Å². The van der Waals surface area contributed by atoms with Crippen molar-refractivity contribution >= 4 is 6.08 Å². The van der Waals surface area contributed by atoms with E-state index in [2.05, 4.69) is 4.98 Å². The topological polar surface area (TPSA) is 66.5 Å². The molecule has 12 heavy (non-hydrogen) atoms. The average molecular weight is 169 g/mol. The highest BCUT2D eigenvalue weighted by molar-refractivity contribution is 5.48. The van der Waals surface area contributed by atoms with Crippen LogP contribution in [0.4, 0.5) is 0 Å². The Labute approximate surface area is 70.2 Å². The summed E-state index contributed by atoms with van der Waals surface area (Å²) in [6.45, 7) is 1.41. The summed E-state index contributed by atoms with van der Waals surface area (Å²) in [6.07, 6.45) is 3.67. The fraction of sp³-hybridized carbons (Fsp3) is 0.375. The van der Waals surface area contributed by atoms with Crippen LogP contribution < -0.4 is 0 Å². The molecule has 4 nitrogen and oxygen atoms in total. The van der Waals surface area contributed by atoms with Crippen molar-refractivity contribution in [2.24, 2.45) is 0 Å². The first-order valence-corrected chi connectivity index (χ1v) is 3.61. The summed E-state index contributed by atoms with van der Waals surface area (Å²) in [6, 6.07) is 0. The van der Waals surface area contributed by atoms with Gasteiger partial charge < -0.3 is 14.6 Å². The maximum Gasteiger partial charge on any atom is 0.181 e. The highest BCUT2D eigenvalue weighted by atomic mass is 16.3. The molecule has 1 aromatic rings. The molecule has 1 rings (SSSR count). The predicted molar refractivity (Wildman–Crippen MR) is 43.2 cm³/mol. The molecule has 0 aliphatic rings. The zero-order chi connectivity index (χ0) is 8.97. The first-order chi connectivity index (χ1) is 5.74. The van der Waals surface area contributed by atoms with Crippen molar-refractivity contribution < 1.29 is 14.6 Å². The number of rotatable bonds is 3. The summed E-state index contributed by atoms with van der Waals surface area (Å²) in [4.78, 5) is 3.82. The van der Waals surface area contributed by atoms with Gasteiger partial charge in [-0.1, -0.05) is 0 Å². The van der Waals surface area contributed by atoms with Crippen molar-refractivity contribution in [3.63, 3.8) is 0 Å². The lowest BCUT2D eigenvalue weighted by Gasteiger charge is -2.04. The van der Waals surface area contributed by atoms with Crippen molar-refractivity contribution in [3.8, 4) is 0 Å². The van der Waals surface area contributed by atoms with Gasteiger partial charge in [-0.2, -0.15) is 0 Å². The van der Waals surface area contributed by atoms with E-state index in [0.29, 0.717) is 11.3 Å². The van der Waals surface area contributed by atoms with Gasteiger partial charge in [0.1, 0.15) is 12.0 Å². The molecule has 4 heteroatoms. The van der Waals surface area contributed by atoms with E-state index in [1.165, 1.54) is 12.7 Å². The Morgan fingerprint density at radius 1 is 1.83 bits per heavy atom. The Bertz CT molecular complexity index is 251. The fourth-order valence-corrected chi connectivity index (χ4v) is 0.781. The van der Waals surface area contributed by atoms with Gasteiger partial charge in [-0.25, -0.2) is 4.98 Å². The molecule has 0 bridgehead atoms. The standard InChI is InChI=1S/C8H11NO3/c1-6(11)7(3-10)2-8-4-12-5-9-8/h2,4-6,10-11H,3H2,1H3/b7-2-/t6-/m1/s1. The van der Waals surface area contributed by atoms with Gasteiger partial charge in [-0.15, -0.1) is 0 Å². The van der Waals surface area contributed by atoms with Crippen LogP contribution in [0.5, 0.6) is 0 Å². The molecule has 1 aromatic heterocycles. The molecule has 0 spiro atoms. The number of hydrogen-bond acceptors (Lipinski definition) is 4. The molecule has 0 aliphatic heterocycles. The second kappa shape index (κ2) is 4.04. The van der Waals surface area contributed by atoms with Crippen LogP contribution >= 0.6 is 0 Å². The highest BCUT2D eigenvalue weighted by Gasteiger charge is 2.03. The number of hydrogen-bond donors (Lipinski definition) is 2. The maximum absolute atomic E-state index is 9.12. The average Bonchev–Trinajstić information content (AvgIpc) is 2.51. The van der Waals surface area contributed by atoms with Gasteiger partial charge in [-0.05, 0) is 18.6 Å². The third-order valence-electron chi connectivity index (χ3n) is 1.50. The van der Waals surface area contributed by atoms with Gasteiger partial charge in [0.05, 0.1) is 12.7 Å². The van der Waals surface area contributed by atoms with Gasteiger partial charge in [0.2, 0.25) is 0 Å². The van der Waals surface area contributed by atoms with Gasteiger partial charge in [0.25, 0.3) is 0 Å². The van der Waals surface area contributed by atoms with E-state index in [0.717, 1.165) is 0 Å². The summed E-state index contributed by atoms with van der Waals surface area (Å²) in [7, 11) is 0. The van der Waals surface area contributed by atoms with Gasteiger partial charge in [0.15, 0.2) is 6.39 Å². The van der Waals surface area contributed by atoms with Crippen LogP contribution in [-0.4, -0.2) is 27.9 Å². The van der Waals surface area contributed by atoms with Crippen LogP contribution in [0.1, 0.15) is 12.6 Å². The first kappa shape index (κ1) is 8.96. The summed E-state index contributed by atoms with van der Waals surface area (Å²) in [5, 5.41) is 17.9. The minimum Gasteiger partial charge on any atom is -0.451 e. The van der Waals surface area contributed by atoms with Crippen LogP contribution in [0.25, 0.3) is 6.08 Å². The Morgan fingerprint density at radius 3 is 3.00 bits per heavy atom. The molecule has 2 N–H and O–H groups in total. The number of aliphatic hydroxyl groups is 2. The second-order valence-corrected chi connectivity index (χ2v) is 2.47. The predicted octanol–water partition coefficient (Wildman–Crippen LogP) is 0.431. The lowest BCUT2D eigenvalue weighted by Crippen LogP contribution is -2.07. The number of aromatic nitrogens is 1. The zero-order valence-electron chi connectivity index (χ0n) is 6.77. The van der Waals surface area contributed by atoms with Crippen LogP contribution in [0, 0.1) is 0 Å². The lowest BCUT2D eigenvalue weighted by molar-refractivity contribution is 0.206. The monoisotopic (exact) mass is 169 g/mol. The van der Waals surface area contributed by atoms with Crippen LogP contribution in [0.2, 0.25) is 0 Å². The first-order valence-electron chi connectivity index (χ1n) is 3.61. The molecular formula is C8H11NO3. The molecule has 1 heterocycles. The third kappa shape index (κ3) is 2.18. The molecule has 1 atom stereocenters. The van der Waals surface area contributed by atoms with Crippen LogP contribution in [0.3, 0.4) is 0 Å².